The Labute approximate surface area is 148 Å². The first-order chi connectivity index (χ1) is 12.6. The van der Waals surface area contributed by atoms with Crippen molar-refractivity contribution >= 4 is 17.6 Å². The summed E-state index contributed by atoms with van der Waals surface area (Å²) in [5.41, 5.74) is 7.25. The molecule has 1 atom stereocenters. The smallest absolute Gasteiger partial charge is 0.287 e. The number of nitrogens with zero attached hydrogens (tertiary/aromatic N) is 1. The third kappa shape index (κ3) is 3.69. The topological polar surface area (TPSA) is 131 Å². The van der Waals surface area contributed by atoms with Crippen LogP contribution in [0.4, 0.5) is 0 Å². The van der Waals surface area contributed by atoms with E-state index in [1.165, 1.54) is 18.7 Å². The highest BCUT2D eigenvalue weighted by Gasteiger charge is 2.27. The largest absolute Gasteiger partial charge is 0.472 e. The zero-order valence-electron chi connectivity index (χ0n) is 13.6. The molecule has 4 N–H and O–H groups in total. The number of H-pyrrole nitrogens is 1. The van der Waals surface area contributed by atoms with Crippen molar-refractivity contribution in [2.45, 2.75) is 12.5 Å². The number of pyridine rings is 1. The predicted molar refractivity (Wildman–Crippen MR) is 91.9 cm³/mol. The minimum Gasteiger partial charge on any atom is -0.472 e. The van der Waals surface area contributed by atoms with E-state index in [9.17, 15) is 14.4 Å². The summed E-state index contributed by atoms with van der Waals surface area (Å²) in [6.45, 7) is 0. The molecule has 0 spiro atoms. The third-order valence-electron chi connectivity index (χ3n) is 3.82. The molecule has 0 radical (unpaired) electrons. The van der Waals surface area contributed by atoms with Crippen LogP contribution in [0, 0.1) is 0 Å². The van der Waals surface area contributed by atoms with Crippen molar-refractivity contribution in [3.63, 3.8) is 0 Å². The summed E-state index contributed by atoms with van der Waals surface area (Å²) in [7, 11) is 0. The first-order valence-corrected chi connectivity index (χ1v) is 7.80. The highest BCUT2D eigenvalue weighted by atomic mass is 16.3. The minimum absolute atomic E-state index is 0.0906. The van der Waals surface area contributed by atoms with Crippen LogP contribution < -0.4 is 11.1 Å². The monoisotopic (exact) mass is 352 g/mol. The Kier molecular flexibility index (Phi) is 4.93. The molecule has 0 saturated carbocycles. The average Bonchev–Trinajstić information content (AvgIpc) is 3.32. The number of carbonyl (C=O) groups excluding carboxylic acids is 3. The summed E-state index contributed by atoms with van der Waals surface area (Å²) < 4.78 is 4.96. The van der Waals surface area contributed by atoms with E-state index >= 15 is 0 Å². The van der Waals surface area contributed by atoms with Crippen LogP contribution in [-0.2, 0) is 16.0 Å². The van der Waals surface area contributed by atoms with E-state index in [0.29, 0.717) is 22.4 Å². The molecule has 2 amide bonds. The first-order valence-electron chi connectivity index (χ1n) is 7.80. The molecule has 3 aromatic rings. The van der Waals surface area contributed by atoms with Gasteiger partial charge in [0.25, 0.3) is 11.8 Å². The maximum absolute atomic E-state index is 12.7. The average molecular weight is 352 g/mol. The van der Waals surface area contributed by atoms with Crippen LogP contribution in [-0.4, -0.2) is 33.6 Å². The van der Waals surface area contributed by atoms with E-state index < -0.39 is 23.6 Å². The molecule has 8 nitrogen and oxygen atoms in total. The number of hydrogen-bond acceptors (Lipinski definition) is 5. The normalized spacial score (nSPS) is 11.7. The van der Waals surface area contributed by atoms with E-state index in [0.717, 1.165) is 0 Å². The highest BCUT2D eigenvalue weighted by Crippen LogP contribution is 2.21. The van der Waals surface area contributed by atoms with Crippen molar-refractivity contribution in [3.8, 4) is 11.3 Å². The van der Waals surface area contributed by atoms with Gasteiger partial charge in [-0.3, -0.25) is 19.4 Å². The Morgan fingerprint density at radius 2 is 2.08 bits per heavy atom. The van der Waals surface area contributed by atoms with Crippen molar-refractivity contribution in [2.75, 3.05) is 0 Å². The second-order valence-electron chi connectivity index (χ2n) is 5.59. The lowest BCUT2D eigenvalue weighted by atomic mass is 10.0. The Hall–Kier alpha value is -3.68. The molecule has 3 rings (SSSR count). The van der Waals surface area contributed by atoms with Gasteiger partial charge in [-0.1, -0.05) is 6.07 Å². The molecule has 0 fully saturated rings. The van der Waals surface area contributed by atoms with Gasteiger partial charge in [-0.2, -0.15) is 0 Å². The molecule has 0 bridgehead atoms. The fourth-order valence-electron chi connectivity index (χ4n) is 2.55. The van der Waals surface area contributed by atoms with Crippen LogP contribution in [0.15, 0.2) is 59.8 Å². The highest BCUT2D eigenvalue weighted by molar-refractivity contribution is 6.38. The Bertz CT molecular complexity index is 916. The SMILES string of the molecule is NC(=O)C(=O)C(Cc1ccoc1)NC(=O)c1c[nH]cc1-c1ccccn1. The lowest BCUT2D eigenvalue weighted by molar-refractivity contribution is -0.137. The fourth-order valence-corrected chi connectivity index (χ4v) is 2.55. The summed E-state index contributed by atoms with van der Waals surface area (Å²) in [5, 5.41) is 2.57. The molecule has 0 saturated heterocycles. The Morgan fingerprint density at radius 3 is 2.73 bits per heavy atom. The van der Waals surface area contributed by atoms with Crippen LogP contribution in [0.5, 0.6) is 0 Å². The number of aromatic amines is 1. The molecule has 0 aliphatic carbocycles. The maximum atomic E-state index is 12.7. The molecule has 3 heterocycles. The molecule has 26 heavy (non-hydrogen) atoms. The van der Waals surface area contributed by atoms with Gasteiger partial charge in [-0.25, -0.2) is 0 Å². The summed E-state index contributed by atoms with van der Waals surface area (Å²) in [5.74, 6) is -2.51. The second-order valence-corrected chi connectivity index (χ2v) is 5.59. The van der Waals surface area contributed by atoms with Gasteiger partial charge in [-0.05, 0) is 23.8 Å². The van der Waals surface area contributed by atoms with Gasteiger partial charge in [-0.15, -0.1) is 0 Å². The standard InChI is InChI=1S/C18H16N4O4/c19-17(24)16(23)15(7-11-4-6-26-10-11)22-18(25)13-9-20-8-12(13)14-3-1-2-5-21-14/h1-6,8-10,15,20H,7H2,(H2,19,24)(H,22,25). The van der Waals surface area contributed by atoms with Crippen LogP contribution in [0.2, 0.25) is 0 Å². The van der Waals surface area contributed by atoms with Crippen molar-refractivity contribution in [1.82, 2.24) is 15.3 Å². The second kappa shape index (κ2) is 7.47. The minimum atomic E-state index is -1.11. The summed E-state index contributed by atoms with van der Waals surface area (Å²) in [6.07, 6.45) is 7.72. The number of amides is 2. The maximum Gasteiger partial charge on any atom is 0.287 e. The number of hydrogen-bond donors (Lipinski definition) is 3. The molecule has 0 aliphatic heterocycles. The Balaban J connectivity index is 1.83. The molecule has 1 unspecified atom stereocenters. The van der Waals surface area contributed by atoms with Crippen molar-refractivity contribution in [2.24, 2.45) is 5.73 Å². The number of nitrogens with two attached hydrogens (primary N) is 1. The molecule has 0 aliphatic rings. The number of carbonyl (C=O) groups is 3. The van der Waals surface area contributed by atoms with Gasteiger partial charge in [0, 0.05) is 30.6 Å². The van der Waals surface area contributed by atoms with Gasteiger partial charge in [0.05, 0.1) is 23.8 Å². The number of furan rings is 1. The molecule has 0 aromatic carbocycles. The van der Waals surface area contributed by atoms with Crippen LogP contribution in [0.3, 0.4) is 0 Å². The summed E-state index contributed by atoms with van der Waals surface area (Å²) >= 11 is 0. The van der Waals surface area contributed by atoms with Crippen molar-refractivity contribution < 1.29 is 18.8 Å². The van der Waals surface area contributed by atoms with Gasteiger partial charge in [0.15, 0.2) is 0 Å². The van der Waals surface area contributed by atoms with Gasteiger partial charge in [0.1, 0.15) is 6.04 Å². The number of primary amides is 1. The van der Waals surface area contributed by atoms with E-state index in [-0.39, 0.29) is 6.42 Å². The van der Waals surface area contributed by atoms with Crippen LogP contribution >= 0.6 is 0 Å². The number of nitrogens with one attached hydrogen (secondary N) is 2. The summed E-state index contributed by atoms with van der Waals surface area (Å²) in [6, 6.07) is 5.88. The number of ketones is 1. The van der Waals surface area contributed by atoms with E-state index in [1.54, 1.807) is 36.7 Å². The first kappa shape index (κ1) is 17.2. The number of rotatable bonds is 7. The zero-order valence-corrected chi connectivity index (χ0v) is 13.6. The quantitative estimate of drug-likeness (QED) is 0.547. The molecule has 132 valence electrons. The molecule has 3 aromatic heterocycles. The zero-order chi connectivity index (χ0) is 18.5. The van der Waals surface area contributed by atoms with Crippen molar-refractivity contribution in [3.05, 3.63) is 66.5 Å². The predicted octanol–water partition coefficient (Wildman–Crippen LogP) is 1.07. The van der Waals surface area contributed by atoms with E-state index in [2.05, 4.69) is 15.3 Å². The van der Waals surface area contributed by atoms with Gasteiger partial charge in [0.2, 0.25) is 5.78 Å². The molecule has 8 heteroatoms. The van der Waals surface area contributed by atoms with Gasteiger partial charge < -0.3 is 20.5 Å². The fraction of sp³-hybridized carbons (Fsp3) is 0.111. The summed E-state index contributed by atoms with van der Waals surface area (Å²) in [4.78, 5) is 43.1. The van der Waals surface area contributed by atoms with E-state index in [4.69, 9.17) is 10.2 Å². The van der Waals surface area contributed by atoms with Crippen LogP contribution in [0.25, 0.3) is 11.3 Å². The van der Waals surface area contributed by atoms with E-state index in [1.807, 2.05) is 0 Å². The van der Waals surface area contributed by atoms with Gasteiger partial charge >= 0.3 is 0 Å². The lowest BCUT2D eigenvalue weighted by Gasteiger charge is -2.15. The van der Waals surface area contributed by atoms with Crippen LogP contribution in [0.1, 0.15) is 15.9 Å². The lowest BCUT2D eigenvalue weighted by Crippen LogP contribution is -2.47. The number of aromatic nitrogens is 2. The third-order valence-corrected chi connectivity index (χ3v) is 3.82. The molecular formula is C18H16N4O4. The number of Topliss-reactive ketones (excluding diaryl/α,β-unsaturated/α-hetero) is 1. The Morgan fingerprint density at radius 1 is 1.23 bits per heavy atom. The molecular weight excluding hydrogens is 336 g/mol. The van der Waals surface area contributed by atoms with Crippen molar-refractivity contribution in [1.29, 1.82) is 0 Å².